The van der Waals surface area contributed by atoms with Crippen molar-refractivity contribution in [2.24, 2.45) is 43.4 Å². The second kappa shape index (κ2) is 52.2. The SMILES string of the molecule is C/C=C/[P+](c1ccccc1)(c1ccccc1)c1ccccc1.C=CCON1C(=O)N2Cc3nc(C(=O)CCCN([B]C=O)C(N)=NB(C)O)sc3C1C2.C=CCON1C(=O)N2Cc3nc(C(=O)O)sc3C1C2.CB(O)N=C(N)N([B]C=O)CCCC(=O)c1nc2c(s1)C1CN(C2)C(=O)N1OS(=O)(=O)[O-].CB(O)N=C(N)N([B]C=O)CCN.N=C(N)CCCCC(=O)c1nc2c(s1)C1CN(C2)C(=O)N1OS(=O)(=O)O. The number of nitrogens with one attached hydrogen (secondary N) is 1. The van der Waals surface area contributed by atoms with Gasteiger partial charge in [0.1, 0.15) is 65.9 Å². The van der Waals surface area contributed by atoms with Crippen LogP contribution in [0.15, 0.2) is 143 Å². The zero-order valence-corrected chi connectivity index (χ0v) is 83.5. The summed E-state index contributed by atoms with van der Waals surface area (Å²) < 4.78 is 72.4. The van der Waals surface area contributed by atoms with Gasteiger partial charge in [0.15, 0.2) is 50.3 Å². The third-order valence-electron chi connectivity index (χ3n) is 21.4. The lowest BCUT2D eigenvalue weighted by molar-refractivity contribution is -0.118. The van der Waals surface area contributed by atoms with E-state index < -0.39 is 79.3 Å². The summed E-state index contributed by atoms with van der Waals surface area (Å²) in [5.41, 5.74) is 29.8. The number of hydrogen-bond donors (Lipinski definition) is 11. The van der Waals surface area contributed by atoms with Gasteiger partial charge < -0.3 is 102 Å². The number of allylic oxidation sites excluding steroid dienone is 1. The molecule has 8 aliphatic rings. The number of hydroxylamine groups is 8. The van der Waals surface area contributed by atoms with Crippen LogP contribution in [-0.4, -0.2) is 319 Å². The molecule has 0 aliphatic carbocycles. The number of hydrogen-bond acceptors (Lipinski definition) is 36. The number of fused-ring (bicyclic) bond motifs is 16. The van der Waals surface area contributed by atoms with E-state index >= 15 is 0 Å². The molecule has 15 rings (SSSR count). The minimum Gasteiger partial charge on any atom is -0.724 e. The molecule has 8 amide bonds. The highest BCUT2D eigenvalue weighted by Crippen LogP contribution is 2.57. The van der Waals surface area contributed by atoms with Crippen LogP contribution in [0.1, 0.15) is 164 Å². The maximum atomic E-state index is 12.7. The van der Waals surface area contributed by atoms with Crippen LogP contribution in [0.25, 0.3) is 0 Å². The Kier molecular flexibility index (Phi) is 41.1. The molecule has 0 spiro atoms. The molecule has 4 saturated heterocycles. The van der Waals surface area contributed by atoms with Crippen molar-refractivity contribution in [1.29, 1.82) is 5.41 Å². The third kappa shape index (κ3) is 29.7. The quantitative estimate of drug-likeness (QED) is 0.00250. The van der Waals surface area contributed by atoms with E-state index in [1.165, 1.54) is 96.9 Å². The molecule has 4 atom stereocenters. The van der Waals surface area contributed by atoms with Crippen molar-refractivity contribution in [3.05, 3.63) is 191 Å². The molecule has 16 N–H and O–H groups in total. The average molecular weight is 2100 g/mol. The van der Waals surface area contributed by atoms with E-state index in [4.69, 9.17) is 58.4 Å². The van der Waals surface area contributed by atoms with Crippen LogP contribution in [0.3, 0.4) is 0 Å². The van der Waals surface area contributed by atoms with Crippen molar-refractivity contribution in [3.63, 3.8) is 0 Å². The van der Waals surface area contributed by atoms with Gasteiger partial charge >= 0.3 is 83.9 Å². The number of amides is 8. The fraction of sp³-hybridized carbons (Fsp3) is 0.370. The number of benzene rings is 3. The van der Waals surface area contributed by atoms with Crippen molar-refractivity contribution in [2.45, 2.75) is 129 Å². The van der Waals surface area contributed by atoms with Gasteiger partial charge in [-0.05, 0) is 89.5 Å². The van der Waals surface area contributed by atoms with Gasteiger partial charge in [0, 0.05) is 51.9 Å². The first-order valence-corrected chi connectivity index (χ1v) is 51.8. The highest BCUT2D eigenvalue weighted by Gasteiger charge is 2.52. The molecule has 755 valence electrons. The van der Waals surface area contributed by atoms with Gasteiger partial charge in [0.05, 0.1) is 120 Å². The summed E-state index contributed by atoms with van der Waals surface area (Å²) in [6, 6.07) is 28.6. The zero-order chi connectivity index (χ0) is 104. The van der Waals surface area contributed by atoms with E-state index in [0.717, 1.165) is 51.2 Å². The molecule has 4 unspecified atom stereocenters. The first-order chi connectivity index (χ1) is 68.1. The van der Waals surface area contributed by atoms with E-state index in [9.17, 15) is 84.2 Å². The summed E-state index contributed by atoms with van der Waals surface area (Å²) >= 11 is 4.48. The van der Waals surface area contributed by atoms with Crippen molar-refractivity contribution in [3.8, 4) is 0 Å². The fourth-order valence-electron chi connectivity index (χ4n) is 15.5. The van der Waals surface area contributed by atoms with E-state index in [1.807, 2.05) is 0 Å². The summed E-state index contributed by atoms with van der Waals surface area (Å²) in [5, 5.41) is 52.4. The van der Waals surface area contributed by atoms with E-state index in [1.54, 1.807) is 22.0 Å². The van der Waals surface area contributed by atoms with Crippen LogP contribution in [0, 0.1) is 5.41 Å². The number of Topliss-reactive ketones (excluding diaryl/α,β-unsaturated/α-hetero) is 3. The van der Waals surface area contributed by atoms with Gasteiger partial charge in [-0.1, -0.05) is 72.8 Å². The predicted octanol–water partition coefficient (Wildman–Crippen LogP) is 2.47. The summed E-state index contributed by atoms with van der Waals surface area (Å²) in [4.78, 5) is 181. The molecule has 143 heavy (non-hydrogen) atoms. The van der Waals surface area contributed by atoms with Gasteiger partial charge in [0.25, 0.3) is 0 Å². The molecule has 8 bridgehead atoms. The number of aromatic carboxylic acids is 1. The van der Waals surface area contributed by atoms with Gasteiger partial charge in [-0.25, -0.2) is 52.3 Å². The fourth-order valence-corrected chi connectivity index (χ4v) is 24.3. The van der Waals surface area contributed by atoms with Crippen LogP contribution >= 0.6 is 52.6 Å². The Balaban J connectivity index is 0.000000180. The van der Waals surface area contributed by atoms with E-state index in [0.29, 0.717) is 138 Å². The Morgan fingerprint density at radius 1 is 0.517 bits per heavy atom. The van der Waals surface area contributed by atoms with Crippen LogP contribution in [0.4, 0.5) is 19.2 Å². The topological polar surface area (TPSA) is 695 Å². The summed E-state index contributed by atoms with van der Waals surface area (Å²) in [7, 11) is -11.1. The van der Waals surface area contributed by atoms with Crippen LogP contribution in [0.5, 0.6) is 0 Å². The highest BCUT2D eigenvalue weighted by molar-refractivity contribution is 7.98. The van der Waals surface area contributed by atoms with Gasteiger partial charge in [0.2, 0.25) is 15.4 Å². The molecule has 0 saturated carbocycles. The molecule has 8 aliphatic heterocycles. The Morgan fingerprint density at radius 3 is 1.11 bits per heavy atom. The van der Waals surface area contributed by atoms with Crippen molar-refractivity contribution >= 4 is 222 Å². The summed E-state index contributed by atoms with van der Waals surface area (Å²) in [6.07, 6.45) is 9.83. The van der Waals surface area contributed by atoms with Crippen LogP contribution in [-0.2, 0) is 79.6 Å². The largest absolute Gasteiger partial charge is 0.724 e. The monoisotopic (exact) mass is 2100 g/mol. The number of amidine groups is 1. The predicted molar refractivity (Wildman–Crippen MR) is 538 cm³/mol. The Bertz CT molecular complexity index is 6030. The molecule has 62 heteroatoms. The van der Waals surface area contributed by atoms with Crippen molar-refractivity contribution < 1.29 is 117 Å². The summed E-state index contributed by atoms with van der Waals surface area (Å²) in [5.74, 6) is 0.842. The molecular weight excluding hydrogens is 2000 g/mol. The number of thiazole rings is 4. The minimum absolute atomic E-state index is 0.00591. The Hall–Kier alpha value is -12.4. The number of nitrogens with two attached hydrogens (primary N) is 5. The number of carbonyl (C=O) groups is 11. The molecule has 4 fully saturated rings. The lowest BCUT2D eigenvalue weighted by Crippen LogP contribution is -2.44. The van der Waals surface area contributed by atoms with Crippen molar-refractivity contribution in [1.82, 2.24) is 74.2 Å². The lowest BCUT2D eigenvalue weighted by Gasteiger charge is -2.23. The molecule has 4 aromatic heterocycles. The van der Waals surface area contributed by atoms with Crippen molar-refractivity contribution in [2.75, 3.05) is 65.6 Å². The first-order valence-electron chi connectivity index (χ1n) is 44.0. The molecule has 7 aromatic rings. The Morgan fingerprint density at radius 2 is 0.818 bits per heavy atom. The number of carboxylic acids is 1. The van der Waals surface area contributed by atoms with Crippen LogP contribution < -0.4 is 44.6 Å². The first kappa shape index (κ1) is 113. The average Bonchev–Trinajstić information content (AvgIpc) is 1.67. The van der Waals surface area contributed by atoms with Gasteiger partial charge in [-0.2, -0.15) is 33.0 Å². The number of rotatable bonds is 42. The maximum Gasteiger partial charge on any atom is 0.431 e. The smallest absolute Gasteiger partial charge is 0.431 e. The molecule has 3 radical (unpaired) electrons. The molecular formula is C81H102B6N24O25PS6. The van der Waals surface area contributed by atoms with E-state index in [-0.39, 0.29) is 152 Å². The molecule has 12 heterocycles. The second-order valence-corrected chi connectivity index (χ2v) is 41.2. The minimum atomic E-state index is -5.15. The molecule has 3 aromatic carbocycles. The lowest BCUT2D eigenvalue weighted by atomic mass is 9.90. The van der Waals surface area contributed by atoms with Crippen LogP contribution in [0.2, 0.25) is 20.5 Å². The zero-order valence-electron chi connectivity index (χ0n) is 77.7. The number of carbonyl (C=O) groups excluding carboxylic acids is 10. The maximum absolute atomic E-state index is 12.7. The number of ketones is 3. The number of nitrogens with zero attached hydrogens (tertiary/aromatic N) is 18. The standard InChI is InChI=1S/C21H20P.C17H23B2N6O5S.C14H19B2N6O8S2.C13H17N5O6S2.C11H11N3O4S.C5H13B2N4O2/c1-2-18-22(19-12-6-3-7-13-19,20-14-8-4-9-15-20)21-16-10-5-11-17-21;1-3-7-30-25-12-9-23(17(25)28)8-11-14(12)31-15(21-11)13(27)5-4-6-24(18-10-26)16(20)22-19(2)29;1-16(26)19-13(17)21(15-7-23)4-2-3-10(24)12-18-8-5-20-6-9(11(8)31-12)22(14(20)25)30-32(27,28)29;14-10(15)4-2-1-3-9(19)12-16-7-5-17-6-8(11(7)25-12)18(13(17)20)24-26(21,22)23;1-2-3-18-14-7-5-13(11(14)17)4-6-8(7)19-9(12-6)10(15)16;1-7(13)10-5(9)11(3-2-8)6-4-12/h2-18H,1H3;3,10,12,29H,1,4-9H2,2H3,(H2,20,22);7,9,26H,2-6H2,1H3,(H2,17,19)(H,27,28,29);8H,1-6H2,(H3,14,15)(H,21,22,23);2,7H,1,3-5H2,(H,15,16);4,13H,2-3,8H2,1H3,(H2,9,10)/q+1;;;;;/p-1/b18-2+;;;;;. The Labute approximate surface area is 842 Å². The number of aromatic nitrogens is 4. The highest BCUT2D eigenvalue weighted by atomic mass is 32.3. The number of unbranched alkanes of at least 4 members (excludes halogenated alkanes) is 1. The second-order valence-electron chi connectivity index (χ2n) is 31.8. The normalized spacial score (nSPS) is 16.8. The van der Waals surface area contributed by atoms with Gasteiger partial charge in [-0.3, -0.25) is 48.7 Å². The molecule has 49 nitrogen and oxygen atoms in total. The van der Waals surface area contributed by atoms with E-state index in [2.05, 4.69) is 166 Å². The van der Waals surface area contributed by atoms with Gasteiger partial charge in [-0.15, -0.1) is 62.8 Å². The summed E-state index contributed by atoms with van der Waals surface area (Å²) in [6.45, 7) is 17.4. The number of urea groups is 4. The number of carboxylic acid groups (broad SMARTS) is 1. The third-order valence-corrected chi connectivity index (χ3v) is 31.1. The number of guanidine groups is 3.